The van der Waals surface area contributed by atoms with Crippen molar-refractivity contribution in [1.82, 2.24) is 10.2 Å². The number of carboxylic acid groups (broad SMARTS) is 1. The summed E-state index contributed by atoms with van der Waals surface area (Å²) in [6.07, 6.45) is 3.90. The maximum atomic E-state index is 12.2. The molecule has 0 aliphatic carbocycles. The van der Waals surface area contributed by atoms with Gasteiger partial charge in [0.1, 0.15) is 0 Å². The quantitative estimate of drug-likeness (QED) is 0.894. The summed E-state index contributed by atoms with van der Waals surface area (Å²) in [6, 6.07) is 6.82. The first-order valence-corrected chi connectivity index (χ1v) is 7.89. The van der Waals surface area contributed by atoms with Crippen LogP contribution in [0.2, 0.25) is 0 Å². The van der Waals surface area contributed by atoms with E-state index >= 15 is 0 Å². The summed E-state index contributed by atoms with van der Waals surface area (Å²) in [5.74, 6) is -0.708. The van der Waals surface area contributed by atoms with E-state index in [2.05, 4.69) is 5.32 Å². The van der Waals surface area contributed by atoms with Crippen LogP contribution in [0.1, 0.15) is 41.6 Å². The number of piperidine rings is 2. The van der Waals surface area contributed by atoms with Gasteiger partial charge in [0.25, 0.3) is 0 Å². The van der Waals surface area contributed by atoms with Crippen LogP contribution < -0.4 is 5.32 Å². The second-order valence-corrected chi connectivity index (χ2v) is 6.50. The Morgan fingerprint density at radius 3 is 2.50 bits per heavy atom. The standard InChI is InChI=1S/C17H22N2O3/c20-15-5-6-17(7-9-18-10-8-17)12-19(15)11-13-1-3-14(4-2-13)16(21)22/h1-4,18H,5-12H2,(H,21,22). The first-order valence-electron chi connectivity index (χ1n) is 7.89. The number of rotatable bonds is 3. The molecule has 2 aliphatic heterocycles. The highest BCUT2D eigenvalue weighted by Gasteiger charge is 2.39. The third-order valence-electron chi connectivity index (χ3n) is 4.99. The van der Waals surface area contributed by atoms with Crippen LogP contribution in [0.3, 0.4) is 0 Å². The summed E-state index contributed by atoms with van der Waals surface area (Å²) < 4.78 is 0. The van der Waals surface area contributed by atoms with Crippen molar-refractivity contribution in [1.29, 1.82) is 0 Å². The number of carboxylic acids is 1. The van der Waals surface area contributed by atoms with Crippen molar-refractivity contribution in [2.45, 2.75) is 32.2 Å². The molecule has 22 heavy (non-hydrogen) atoms. The van der Waals surface area contributed by atoms with Crippen LogP contribution >= 0.6 is 0 Å². The van der Waals surface area contributed by atoms with Crippen LogP contribution in [-0.4, -0.2) is 41.5 Å². The van der Waals surface area contributed by atoms with E-state index < -0.39 is 5.97 Å². The highest BCUT2D eigenvalue weighted by Crippen LogP contribution is 2.38. The number of benzene rings is 1. The minimum Gasteiger partial charge on any atom is -0.478 e. The van der Waals surface area contributed by atoms with Gasteiger partial charge in [0.05, 0.1) is 5.56 Å². The van der Waals surface area contributed by atoms with Crippen LogP contribution in [0.25, 0.3) is 0 Å². The monoisotopic (exact) mass is 302 g/mol. The van der Waals surface area contributed by atoms with E-state index in [1.54, 1.807) is 24.3 Å². The lowest BCUT2D eigenvalue weighted by Crippen LogP contribution is -2.50. The Morgan fingerprint density at radius 1 is 1.18 bits per heavy atom. The molecule has 2 N–H and O–H groups in total. The van der Waals surface area contributed by atoms with Crippen LogP contribution in [0, 0.1) is 5.41 Å². The maximum absolute atomic E-state index is 12.2. The van der Waals surface area contributed by atoms with Gasteiger partial charge in [0.15, 0.2) is 0 Å². The van der Waals surface area contributed by atoms with Crippen molar-refractivity contribution in [2.75, 3.05) is 19.6 Å². The summed E-state index contributed by atoms with van der Waals surface area (Å²) in [6.45, 7) is 3.48. The van der Waals surface area contributed by atoms with E-state index in [-0.39, 0.29) is 16.9 Å². The fourth-order valence-corrected chi connectivity index (χ4v) is 3.58. The van der Waals surface area contributed by atoms with Crippen LogP contribution in [0.4, 0.5) is 0 Å². The summed E-state index contributed by atoms with van der Waals surface area (Å²) in [7, 11) is 0. The zero-order chi connectivity index (χ0) is 15.6. The molecule has 2 aliphatic rings. The number of amides is 1. The second kappa shape index (κ2) is 6.08. The predicted octanol–water partition coefficient (Wildman–Crippen LogP) is 1.88. The minimum atomic E-state index is -0.922. The van der Waals surface area contributed by atoms with Crippen LogP contribution in [-0.2, 0) is 11.3 Å². The van der Waals surface area contributed by atoms with Crippen molar-refractivity contribution in [3.63, 3.8) is 0 Å². The van der Waals surface area contributed by atoms with E-state index in [1.807, 2.05) is 4.90 Å². The van der Waals surface area contributed by atoms with Crippen molar-refractivity contribution < 1.29 is 14.7 Å². The number of nitrogens with one attached hydrogen (secondary N) is 1. The van der Waals surface area contributed by atoms with Crippen molar-refractivity contribution in [3.05, 3.63) is 35.4 Å². The topological polar surface area (TPSA) is 69.6 Å². The van der Waals surface area contributed by atoms with Gasteiger partial charge in [0, 0.05) is 19.5 Å². The minimum absolute atomic E-state index is 0.214. The van der Waals surface area contributed by atoms with Gasteiger partial charge in [-0.25, -0.2) is 4.79 Å². The third-order valence-corrected chi connectivity index (χ3v) is 4.99. The molecule has 118 valence electrons. The van der Waals surface area contributed by atoms with Gasteiger partial charge in [-0.1, -0.05) is 12.1 Å². The summed E-state index contributed by atoms with van der Waals surface area (Å²) in [5, 5.41) is 12.3. The SMILES string of the molecule is O=C(O)c1ccc(CN2CC3(CCNCC3)CCC2=O)cc1. The molecule has 0 atom stereocenters. The largest absolute Gasteiger partial charge is 0.478 e. The molecular weight excluding hydrogens is 280 g/mol. The van der Waals surface area contributed by atoms with Crippen molar-refractivity contribution in [2.24, 2.45) is 5.41 Å². The Morgan fingerprint density at radius 2 is 1.86 bits per heavy atom. The van der Waals surface area contributed by atoms with E-state index in [0.29, 0.717) is 13.0 Å². The zero-order valence-corrected chi connectivity index (χ0v) is 12.7. The molecule has 1 aromatic rings. The molecule has 0 unspecified atom stereocenters. The lowest BCUT2D eigenvalue weighted by atomic mass is 9.72. The van der Waals surface area contributed by atoms with Crippen LogP contribution in [0.5, 0.6) is 0 Å². The average Bonchev–Trinajstić information content (AvgIpc) is 2.53. The van der Waals surface area contributed by atoms with Crippen molar-refractivity contribution in [3.8, 4) is 0 Å². The molecule has 2 heterocycles. The number of carbonyl (C=O) groups excluding carboxylic acids is 1. The number of hydrogen-bond donors (Lipinski definition) is 2. The Hall–Kier alpha value is -1.88. The van der Waals surface area contributed by atoms with Gasteiger partial charge >= 0.3 is 5.97 Å². The first-order chi connectivity index (χ1) is 10.6. The summed E-state index contributed by atoms with van der Waals surface area (Å²) >= 11 is 0. The van der Waals surface area contributed by atoms with Crippen LogP contribution in [0.15, 0.2) is 24.3 Å². The molecule has 2 fully saturated rings. The maximum Gasteiger partial charge on any atom is 0.335 e. The number of nitrogens with zero attached hydrogens (tertiary/aromatic N) is 1. The third kappa shape index (κ3) is 3.14. The fourth-order valence-electron chi connectivity index (χ4n) is 3.58. The summed E-state index contributed by atoms with van der Waals surface area (Å²) in [4.78, 5) is 25.1. The molecule has 0 radical (unpaired) electrons. The van der Waals surface area contributed by atoms with Crippen molar-refractivity contribution >= 4 is 11.9 Å². The molecule has 0 saturated carbocycles. The molecule has 5 nitrogen and oxygen atoms in total. The van der Waals surface area contributed by atoms with Gasteiger partial charge in [-0.15, -0.1) is 0 Å². The Bertz CT molecular complexity index is 562. The number of likely N-dealkylation sites (tertiary alicyclic amines) is 1. The van der Waals surface area contributed by atoms with Gasteiger partial charge in [0.2, 0.25) is 5.91 Å². The molecule has 1 amide bonds. The fraction of sp³-hybridized carbons (Fsp3) is 0.529. The molecular formula is C17H22N2O3. The van der Waals surface area contributed by atoms with Gasteiger partial charge in [-0.2, -0.15) is 0 Å². The predicted molar refractivity (Wildman–Crippen MR) is 82.6 cm³/mol. The highest BCUT2D eigenvalue weighted by atomic mass is 16.4. The highest BCUT2D eigenvalue weighted by molar-refractivity contribution is 5.87. The molecule has 2 saturated heterocycles. The smallest absolute Gasteiger partial charge is 0.335 e. The molecule has 0 aromatic heterocycles. The van der Waals surface area contributed by atoms with E-state index in [9.17, 15) is 9.59 Å². The normalized spacial score (nSPS) is 21.1. The van der Waals surface area contributed by atoms with E-state index in [4.69, 9.17) is 5.11 Å². The van der Waals surface area contributed by atoms with Gasteiger partial charge in [-0.3, -0.25) is 4.79 Å². The zero-order valence-electron chi connectivity index (χ0n) is 12.7. The second-order valence-electron chi connectivity index (χ2n) is 6.50. The lowest BCUT2D eigenvalue weighted by Gasteiger charge is -2.45. The molecule has 5 heteroatoms. The Labute approximate surface area is 130 Å². The van der Waals surface area contributed by atoms with E-state index in [0.717, 1.165) is 44.5 Å². The van der Waals surface area contributed by atoms with Gasteiger partial charge < -0.3 is 15.3 Å². The molecule has 0 bridgehead atoms. The molecule has 3 rings (SSSR count). The lowest BCUT2D eigenvalue weighted by molar-refractivity contribution is -0.139. The Kier molecular flexibility index (Phi) is 4.16. The average molecular weight is 302 g/mol. The Balaban J connectivity index is 1.69. The summed E-state index contributed by atoms with van der Waals surface area (Å²) in [5.41, 5.74) is 1.55. The van der Waals surface area contributed by atoms with Gasteiger partial charge in [-0.05, 0) is 55.5 Å². The number of carbonyl (C=O) groups is 2. The molecule has 1 spiro atoms. The van der Waals surface area contributed by atoms with E-state index in [1.165, 1.54) is 0 Å². The first kappa shape index (κ1) is 15.0. The molecule has 1 aromatic carbocycles. The number of hydrogen-bond acceptors (Lipinski definition) is 3. The number of aromatic carboxylic acids is 1.